The van der Waals surface area contributed by atoms with Crippen LogP contribution in [-0.4, -0.2) is 47.4 Å². The summed E-state index contributed by atoms with van der Waals surface area (Å²) in [7, 11) is 0. The molecule has 196 valence electrons. The summed E-state index contributed by atoms with van der Waals surface area (Å²) < 4.78 is 11.5. The van der Waals surface area contributed by atoms with E-state index in [0.717, 1.165) is 24.0 Å². The molecule has 1 aliphatic rings. The zero-order valence-electron chi connectivity index (χ0n) is 21.3. The summed E-state index contributed by atoms with van der Waals surface area (Å²) in [6, 6.07) is 18.7. The van der Waals surface area contributed by atoms with Gasteiger partial charge in [-0.2, -0.15) is 0 Å². The van der Waals surface area contributed by atoms with Crippen LogP contribution in [0.25, 0.3) is 11.0 Å². The lowest BCUT2D eigenvalue weighted by Crippen LogP contribution is -2.45. The van der Waals surface area contributed by atoms with Crippen molar-refractivity contribution in [1.29, 1.82) is 0 Å². The Bertz CT molecular complexity index is 1460. The second-order valence-corrected chi connectivity index (χ2v) is 10.6. The van der Waals surface area contributed by atoms with Gasteiger partial charge in [-0.3, -0.25) is 14.4 Å². The number of benzene rings is 2. The van der Waals surface area contributed by atoms with E-state index >= 15 is 0 Å². The smallest absolute Gasteiger partial charge is 0.264 e. The van der Waals surface area contributed by atoms with Crippen LogP contribution in [0.4, 0.5) is 0 Å². The third-order valence-electron chi connectivity index (χ3n) is 6.72. The first kappa shape index (κ1) is 25.9. The van der Waals surface area contributed by atoms with Crippen molar-refractivity contribution in [2.24, 2.45) is 0 Å². The molecule has 1 aliphatic heterocycles. The van der Waals surface area contributed by atoms with E-state index in [4.69, 9.17) is 9.15 Å². The van der Waals surface area contributed by atoms with Crippen LogP contribution in [-0.2, 0) is 22.6 Å². The first-order valence-corrected chi connectivity index (χ1v) is 13.6. The second kappa shape index (κ2) is 11.8. The maximum absolute atomic E-state index is 13.8. The SMILES string of the molecule is Cc1ccc2occ(CN(Cc3ccccc3)C(=O)CN(C[C@@H]3CCCO3)C(=O)c3cccs3)c(=O)c2c1. The highest BCUT2D eigenvalue weighted by Crippen LogP contribution is 2.19. The fraction of sp³-hybridized carbons (Fsp3) is 0.300. The van der Waals surface area contributed by atoms with E-state index in [2.05, 4.69) is 0 Å². The van der Waals surface area contributed by atoms with Crippen molar-refractivity contribution >= 4 is 34.1 Å². The Kier molecular flexibility index (Phi) is 8.00. The van der Waals surface area contributed by atoms with E-state index in [-0.39, 0.29) is 36.4 Å². The minimum Gasteiger partial charge on any atom is -0.464 e. The molecule has 0 radical (unpaired) electrons. The number of amides is 2. The molecule has 1 fully saturated rings. The monoisotopic (exact) mass is 530 g/mol. The summed E-state index contributed by atoms with van der Waals surface area (Å²) in [6.45, 7) is 3.19. The summed E-state index contributed by atoms with van der Waals surface area (Å²) in [5, 5.41) is 2.34. The van der Waals surface area contributed by atoms with Crippen molar-refractivity contribution in [2.45, 2.75) is 39.0 Å². The second-order valence-electron chi connectivity index (χ2n) is 9.62. The highest BCUT2D eigenvalue weighted by Gasteiger charge is 2.28. The van der Waals surface area contributed by atoms with Gasteiger partial charge in [0.1, 0.15) is 12.1 Å². The number of aryl methyl sites for hydroxylation is 1. The molecule has 0 saturated carbocycles. The van der Waals surface area contributed by atoms with Crippen LogP contribution in [0.5, 0.6) is 0 Å². The highest BCUT2D eigenvalue weighted by molar-refractivity contribution is 7.12. The third-order valence-corrected chi connectivity index (χ3v) is 7.58. The van der Waals surface area contributed by atoms with Gasteiger partial charge in [0.05, 0.1) is 34.7 Å². The van der Waals surface area contributed by atoms with E-state index in [1.54, 1.807) is 28.0 Å². The van der Waals surface area contributed by atoms with Gasteiger partial charge in [-0.1, -0.05) is 48.0 Å². The standard InChI is InChI=1S/C30H30N2O5S/c1-21-11-12-26-25(15-21)29(34)23(20-37-26)17-31(16-22-7-3-2-4-8-22)28(33)19-32(18-24-9-5-13-36-24)30(35)27-10-6-14-38-27/h2-4,6-8,10-12,14-15,20,24H,5,9,13,16-19H2,1H3/t24-/m0/s1. The molecule has 3 heterocycles. The molecule has 5 rings (SSSR count). The van der Waals surface area contributed by atoms with Gasteiger partial charge in [0.2, 0.25) is 5.91 Å². The van der Waals surface area contributed by atoms with Gasteiger partial charge in [0.15, 0.2) is 5.43 Å². The Morgan fingerprint density at radius 2 is 1.87 bits per heavy atom. The topological polar surface area (TPSA) is 80.1 Å². The molecule has 0 unspecified atom stereocenters. The number of hydrogen-bond acceptors (Lipinski definition) is 6. The van der Waals surface area contributed by atoms with Gasteiger partial charge in [-0.05, 0) is 48.9 Å². The predicted octanol–water partition coefficient (Wildman–Crippen LogP) is 5.01. The van der Waals surface area contributed by atoms with Crippen molar-refractivity contribution in [3.05, 3.63) is 104 Å². The number of rotatable bonds is 9. The first-order chi connectivity index (χ1) is 18.5. The molecular formula is C30H30N2O5S. The molecule has 8 heteroatoms. The Morgan fingerprint density at radius 1 is 1.03 bits per heavy atom. The van der Waals surface area contributed by atoms with Crippen LogP contribution in [0.15, 0.2) is 81.5 Å². The van der Waals surface area contributed by atoms with Crippen molar-refractivity contribution in [2.75, 3.05) is 19.7 Å². The maximum atomic E-state index is 13.8. The minimum atomic E-state index is -0.250. The lowest BCUT2D eigenvalue weighted by Gasteiger charge is -2.29. The summed E-state index contributed by atoms with van der Waals surface area (Å²) in [6.07, 6.45) is 3.14. The van der Waals surface area contributed by atoms with Crippen molar-refractivity contribution < 1.29 is 18.7 Å². The van der Waals surface area contributed by atoms with E-state index in [9.17, 15) is 14.4 Å². The lowest BCUT2D eigenvalue weighted by atomic mass is 10.1. The molecule has 0 bridgehead atoms. The molecule has 2 aromatic heterocycles. The molecule has 2 amide bonds. The summed E-state index contributed by atoms with van der Waals surface area (Å²) in [4.78, 5) is 44.3. The molecule has 0 aliphatic carbocycles. The summed E-state index contributed by atoms with van der Waals surface area (Å²) >= 11 is 1.35. The van der Waals surface area contributed by atoms with Crippen molar-refractivity contribution in [1.82, 2.24) is 9.80 Å². The fourth-order valence-corrected chi connectivity index (χ4v) is 5.40. The quantitative estimate of drug-likeness (QED) is 0.304. The molecule has 0 spiro atoms. The zero-order chi connectivity index (χ0) is 26.5. The number of thiophene rings is 1. The van der Waals surface area contributed by atoms with Crippen LogP contribution in [0.3, 0.4) is 0 Å². The Labute approximate surface area is 225 Å². The molecule has 4 aromatic rings. The van der Waals surface area contributed by atoms with E-state index in [0.29, 0.717) is 41.1 Å². The molecule has 2 aromatic carbocycles. The van der Waals surface area contributed by atoms with Gasteiger partial charge < -0.3 is 19.0 Å². The van der Waals surface area contributed by atoms with Crippen LogP contribution in [0, 0.1) is 6.92 Å². The molecular weight excluding hydrogens is 500 g/mol. The maximum Gasteiger partial charge on any atom is 0.264 e. The molecule has 38 heavy (non-hydrogen) atoms. The average Bonchev–Trinajstić information content (AvgIpc) is 3.65. The van der Waals surface area contributed by atoms with Crippen LogP contribution in [0.1, 0.15) is 39.2 Å². The predicted molar refractivity (Wildman–Crippen MR) is 147 cm³/mol. The van der Waals surface area contributed by atoms with Crippen LogP contribution < -0.4 is 5.43 Å². The van der Waals surface area contributed by atoms with Gasteiger partial charge in [-0.15, -0.1) is 11.3 Å². The Balaban J connectivity index is 1.43. The number of hydrogen-bond donors (Lipinski definition) is 0. The number of carbonyl (C=O) groups is 2. The van der Waals surface area contributed by atoms with Crippen LogP contribution >= 0.6 is 11.3 Å². The van der Waals surface area contributed by atoms with E-state index in [1.165, 1.54) is 17.6 Å². The van der Waals surface area contributed by atoms with Gasteiger partial charge in [-0.25, -0.2) is 0 Å². The molecule has 1 atom stereocenters. The fourth-order valence-electron chi connectivity index (χ4n) is 4.71. The number of fused-ring (bicyclic) bond motifs is 1. The Morgan fingerprint density at radius 3 is 2.61 bits per heavy atom. The summed E-state index contributed by atoms with van der Waals surface area (Å²) in [5.41, 5.74) is 2.62. The average molecular weight is 531 g/mol. The number of carbonyl (C=O) groups excluding carboxylic acids is 2. The van der Waals surface area contributed by atoms with Crippen molar-refractivity contribution in [3.63, 3.8) is 0 Å². The largest absolute Gasteiger partial charge is 0.464 e. The molecule has 7 nitrogen and oxygen atoms in total. The van der Waals surface area contributed by atoms with Gasteiger partial charge >= 0.3 is 0 Å². The first-order valence-electron chi connectivity index (χ1n) is 12.7. The van der Waals surface area contributed by atoms with Crippen molar-refractivity contribution in [3.8, 4) is 0 Å². The third kappa shape index (κ3) is 6.03. The number of ether oxygens (including phenoxy) is 1. The zero-order valence-corrected chi connectivity index (χ0v) is 22.1. The minimum absolute atomic E-state index is 0.0703. The summed E-state index contributed by atoms with van der Waals surface area (Å²) in [5.74, 6) is -0.440. The molecule has 1 saturated heterocycles. The van der Waals surface area contributed by atoms with Gasteiger partial charge in [0, 0.05) is 19.7 Å². The molecule has 0 N–H and O–H groups in total. The van der Waals surface area contributed by atoms with Gasteiger partial charge in [0.25, 0.3) is 5.91 Å². The highest BCUT2D eigenvalue weighted by atomic mass is 32.1. The van der Waals surface area contributed by atoms with E-state index in [1.807, 2.05) is 54.8 Å². The van der Waals surface area contributed by atoms with E-state index < -0.39 is 0 Å². The lowest BCUT2D eigenvalue weighted by molar-refractivity contribution is -0.133. The van der Waals surface area contributed by atoms with Crippen LogP contribution in [0.2, 0.25) is 0 Å². The normalized spacial score (nSPS) is 15.0. The number of nitrogens with zero attached hydrogens (tertiary/aromatic N) is 2. The Hall–Kier alpha value is -3.75.